The van der Waals surface area contributed by atoms with Gasteiger partial charge in [0.1, 0.15) is 6.54 Å². The summed E-state index contributed by atoms with van der Waals surface area (Å²) in [6.07, 6.45) is 0.408. The second-order valence-corrected chi connectivity index (χ2v) is 12.2. The van der Waals surface area contributed by atoms with Gasteiger partial charge in [0.2, 0.25) is 11.8 Å². The molecular weight excluding hydrogens is 524 g/mol. The number of rotatable bonds is 9. The summed E-state index contributed by atoms with van der Waals surface area (Å²) in [4.78, 5) is 34.6. The zero-order valence-corrected chi connectivity index (χ0v) is 24.7. The molecule has 2 heterocycles. The largest absolute Gasteiger partial charge is 0.378 e. The number of aromatic amines is 1. The lowest BCUT2D eigenvalue weighted by Gasteiger charge is -2.29. The third-order valence-electron chi connectivity index (χ3n) is 9.13. The fourth-order valence-electron chi connectivity index (χ4n) is 6.70. The van der Waals surface area contributed by atoms with Crippen LogP contribution in [0.3, 0.4) is 0 Å². The molecule has 2 aliphatic rings. The summed E-state index contributed by atoms with van der Waals surface area (Å²) in [7, 11) is 0. The number of nitrogens with one attached hydrogen (secondary N) is 2. The molecule has 1 aliphatic carbocycles. The minimum atomic E-state index is -0.197. The number of carbonyl (C=O) groups excluding carboxylic acids is 2. The number of hydrogen-bond donors (Lipinski definition) is 2. The predicted molar refractivity (Wildman–Crippen MR) is 168 cm³/mol. The molecule has 1 saturated carbocycles. The van der Waals surface area contributed by atoms with Crippen molar-refractivity contribution in [2.24, 2.45) is 11.3 Å². The van der Waals surface area contributed by atoms with Gasteiger partial charge in [-0.15, -0.1) is 0 Å². The average Bonchev–Trinajstić information content (AvgIpc) is 3.34. The van der Waals surface area contributed by atoms with Crippen LogP contribution in [0.2, 0.25) is 0 Å². The molecule has 42 heavy (non-hydrogen) atoms. The van der Waals surface area contributed by atoms with Gasteiger partial charge in [0, 0.05) is 54.0 Å². The van der Waals surface area contributed by atoms with Crippen molar-refractivity contribution in [3.8, 4) is 0 Å². The maximum atomic E-state index is 13.9. The van der Waals surface area contributed by atoms with Crippen molar-refractivity contribution in [1.82, 2.24) is 9.88 Å². The van der Waals surface area contributed by atoms with Crippen molar-refractivity contribution in [1.29, 1.82) is 0 Å². The van der Waals surface area contributed by atoms with Crippen molar-refractivity contribution < 1.29 is 14.3 Å². The smallest absolute Gasteiger partial charge is 0.244 e. The van der Waals surface area contributed by atoms with E-state index < -0.39 is 0 Å². The number of para-hydroxylation sites is 1. The SMILES string of the molecule is Cc1[nH]c2ccccc2c1[C@H]1[C@@H](CC(=O)N(CC(=O)Nc2ccc(N3CCOCC3)cc2)Cc2ccccc2)C1(C)C. The number of H-pyrrole nitrogens is 1. The maximum Gasteiger partial charge on any atom is 0.244 e. The lowest BCUT2D eigenvalue weighted by molar-refractivity contribution is -0.135. The third kappa shape index (κ3) is 5.79. The molecule has 3 aromatic carbocycles. The van der Waals surface area contributed by atoms with Gasteiger partial charge in [0.25, 0.3) is 0 Å². The van der Waals surface area contributed by atoms with E-state index in [2.05, 4.69) is 54.2 Å². The van der Waals surface area contributed by atoms with E-state index in [0.717, 1.165) is 48.8 Å². The van der Waals surface area contributed by atoms with Crippen LogP contribution in [0, 0.1) is 18.3 Å². The summed E-state index contributed by atoms with van der Waals surface area (Å²) < 4.78 is 5.45. The van der Waals surface area contributed by atoms with Crippen LogP contribution < -0.4 is 10.2 Å². The lowest BCUT2D eigenvalue weighted by Crippen LogP contribution is -2.38. The summed E-state index contributed by atoms with van der Waals surface area (Å²) >= 11 is 0. The van der Waals surface area contributed by atoms with Gasteiger partial charge in [0.05, 0.1) is 13.2 Å². The molecule has 218 valence electrons. The minimum Gasteiger partial charge on any atom is -0.378 e. The molecule has 7 nitrogen and oxygen atoms in total. The van der Waals surface area contributed by atoms with Crippen molar-refractivity contribution in [3.63, 3.8) is 0 Å². The fourth-order valence-corrected chi connectivity index (χ4v) is 6.70. The number of anilines is 2. The molecule has 6 rings (SSSR count). The molecule has 1 aromatic heterocycles. The fraction of sp³-hybridized carbons (Fsp3) is 0.371. The Kier molecular flexibility index (Phi) is 7.78. The number of aromatic nitrogens is 1. The monoisotopic (exact) mass is 564 g/mol. The van der Waals surface area contributed by atoms with Gasteiger partial charge in [-0.1, -0.05) is 62.4 Å². The summed E-state index contributed by atoms with van der Waals surface area (Å²) in [5, 5.41) is 4.25. The van der Waals surface area contributed by atoms with E-state index in [4.69, 9.17) is 4.74 Å². The molecule has 4 aromatic rings. The van der Waals surface area contributed by atoms with E-state index in [1.54, 1.807) is 4.90 Å². The molecule has 0 bridgehead atoms. The molecule has 2 fully saturated rings. The van der Waals surface area contributed by atoms with Gasteiger partial charge in [0.15, 0.2) is 0 Å². The number of amides is 2. The predicted octanol–water partition coefficient (Wildman–Crippen LogP) is 6.11. The van der Waals surface area contributed by atoms with Crippen LogP contribution in [0.25, 0.3) is 10.9 Å². The average molecular weight is 565 g/mol. The topological polar surface area (TPSA) is 77.7 Å². The van der Waals surface area contributed by atoms with Crippen LogP contribution in [0.5, 0.6) is 0 Å². The lowest BCUT2D eigenvalue weighted by atomic mass is 10.0. The number of nitrogens with zero attached hydrogens (tertiary/aromatic N) is 2. The molecule has 0 radical (unpaired) electrons. The summed E-state index contributed by atoms with van der Waals surface area (Å²) in [5.74, 6) is 0.305. The molecule has 7 heteroatoms. The molecule has 1 aliphatic heterocycles. The van der Waals surface area contributed by atoms with Gasteiger partial charge in [-0.3, -0.25) is 9.59 Å². The van der Waals surface area contributed by atoms with Gasteiger partial charge < -0.3 is 24.8 Å². The number of morpholine rings is 1. The number of aryl methyl sites for hydroxylation is 1. The minimum absolute atomic E-state index is 0.00285. The summed E-state index contributed by atoms with van der Waals surface area (Å²) in [6.45, 7) is 10.2. The summed E-state index contributed by atoms with van der Waals surface area (Å²) in [6, 6.07) is 26.2. The third-order valence-corrected chi connectivity index (χ3v) is 9.13. The number of hydrogen-bond acceptors (Lipinski definition) is 4. The van der Waals surface area contributed by atoms with Crippen LogP contribution in [0.15, 0.2) is 78.9 Å². The Bertz CT molecular complexity index is 1550. The second-order valence-electron chi connectivity index (χ2n) is 12.2. The van der Waals surface area contributed by atoms with Crippen molar-refractivity contribution in [3.05, 3.63) is 95.7 Å². The van der Waals surface area contributed by atoms with Crippen molar-refractivity contribution in [2.45, 2.75) is 39.7 Å². The quantitative estimate of drug-likeness (QED) is 0.257. The van der Waals surface area contributed by atoms with Crippen LogP contribution >= 0.6 is 0 Å². The maximum absolute atomic E-state index is 13.9. The highest BCUT2D eigenvalue weighted by Crippen LogP contribution is 2.67. The molecule has 1 saturated heterocycles. The van der Waals surface area contributed by atoms with E-state index in [1.165, 1.54) is 16.6 Å². The van der Waals surface area contributed by atoms with E-state index >= 15 is 0 Å². The van der Waals surface area contributed by atoms with Crippen molar-refractivity contribution >= 4 is 34.1 Å². The molecule has 0 spiro atoms. The van der Waals surface area contributed by atoms with Crippen LogP contribution in [-0.4, -0.2) is 54.5 Å². The van der Waals surface area contributed by atoms with E-state index in [0.29, 0.717) is 13.0 Å². The number of carbonyl (C=O) groups is 2. The highest BCUT2D eigenvalue weighted by atomic mass is 16.5. The normalized spacial score (nSPS) is 19.5. The van der Waals surface area contributed by atoms with Gasteiger partial charge in [-0.2, -0.15) is 0 Å². The van der Waals surface area contributed by atoms with Crippen LogP contribution in [0.4, 0.5) is 11.4 Å². The molecule has 0 unspecified atom stereocenters. The zero-order valence-electron chi connectivity index (χ0n) is 24.7. The first-order valence-corrected chi connectivity index (χ1v) is 14.9. The Morgan fingerprint density at radius 3 is 2.40 bits per heavy atom. The van der Waals surface area contributed by atoms with E-state index in [-0.39, 0.29) is 35.6 Å². The van der Waals surface area contributed by atoms with E-state index in [9.17, 15) is 9.59 Å². The standard InChI is InChI=1S/C35H40N4O3/c1-24-33(28-11-7-8-12-30(28)36-24)34-29(35(34,2)3)21-32(41)39(22-25-9-5-4-6-10-25)23-31(40)37-26-13-15-27(16-14-26)38-17-19-42-20-18-38/h4-16,29,34,36H,17-23H2,1-3H3,(H,37,40)/t29-,34-/m1/s1. The number of ether oxygens (including phenoxy) is 1. The highest BCUT2D eigenvalue weighted by Gasteiger charge is 2.59. The van der Waals surface area contributed by atoms with Gasteiger partial charge in [-0.05, 0) is 65.6 Å². The van der Waals surface area contributed by atoms with Crippen LogP contribution in [-0.2, 0) is 20.9 Å². The first-order chi connectivity index (χ1) is 20.3. The van der Waals surface area contributed by atoms with Gasteiger partial charge >= 0.3 is 0 Å². The number of benzene rings is 3. The highest BCUT2D eigenvalue weighted by molar-refractivity contribution is 5.95. The first-order valence-electron chi connectivity index (χ1n) is 14.9. The Labute approximate surface area is 247 Å². The summed E-state index contributed by atoms with van der Waals surface area (Å²) in [5.41, 5.74) is 6.47. The Morgan fingerprint density at radius 2 is 1.67 bits per heavy atom. The van der Waals surface area contributed by atoms with E-state index in [1.807, 2.05) is 60.7 Å². The Morgan fingerprint density at radius 1 is 0.976 bits per heavy atom. The first kappa shape index (κ1) is 28.0. The number of fused-ring (bicyclic) bond motifs is 1. The molecule has 2 atom stereocenters. The molecule has 2 amide bonds. The zero-order chi connectivity index (χ0) is 29.3. The Balaban J connectivity index is 1.15. The second kappa shape index (κ2) is 11.6. The van der Waals surface area contributed by atoms with Gasteiger partial charge in [-0.25, -0.2) is 0 Å². The Hall–Kier alpha value is -4.10. The molecular formula is C35H40N4O3. The molecule has 2 N–H and O–H groups in total. The van der Waals surface area contributed by atoms with Crippen LogP contribution in [0.1, 0.15) is 43.0 Å². The van der Waals surface area contributed by atoms with Crippen molar-refractivity contribution in [2.75, 3.05) is 43.1 Å².